The number of imide groups is 1. The standard InChI is InChI=1S/C33H28N2O9/c1-16-11-25(36)28-21(8-7-17-12-26(43-2)31(38)27(13-17)44-3)20-9-10-22-29(23(20)15-24(28)30(16)37)33(40)34(32(22)39)18-5-4-6-19(14-18)35(41)42/h4-9,11-14,21-23,29,38H,10,15H2,1-3H3. The van der Waals surface area contributed by atoms with Crippen LogP contribution in [0.3, 0.4) is 0 Å². The van der Waals surface area contributed by atoms with Crippen molar-refractivity contribution in [3.8, 4) is 17.2 Å². The van der Waals surface area contributed by atoms with Crippen molar-refractivity contribution in [3.05, 3.63) is 92.6 Å². The number of aromatic hydroxyl groups is 1. The van der Waals surface area contributed by atoms with Gasteiger partial charge < -0.3 is 14.6 Å². The number of amides is 2. The average molecular weight is 597 g/mol. The molecule has 0 bridgehead atoms. The Kier molecular flexibility index (Phi) is 7.03. The van der Waals surface area contributed by atoms with Crippen molar-refractivity contribution in [2.24, 2.45) is 23.7 Å². The topological polar surface area (TPSA) is 153 Å². The molecule has 2 aromatic carbocycles. The Labute approximate surface area is 251 Å². The van der Waals surface area contributed by atoms with Gasteiger partial charge in [0.1, 0.15) is 0 Å². The van der Waals surface area contributed by atoms with Crippen LogP contribution in [0.15, 0.2) is 76.9 Å². The number of hydrogen-bond donors (Lipinski definition) is 1. The number of allylic oxidation sites excluding steroid dienone is 7. The Hall–Kier alpha value is -5.32. The molecule has 11 heteroatoms. The van der Waals surface area contributed by atoms with Gasteiger partial charge in [-0.15, -0.1) is 0 Å². The Bertz CT molecular complexity index is 1770. The number of methoxy groups -OCH3 is 2. The number of ketones is 2. The summed E-state index contributed by atoms with van der Waals surface area (Å²) in [4.78, 5) is 66.2. The highest BCUT2D eigenvalue weighted by molar-refractivity contribution is 6.24. The van der Waals surface area contributed by atoms with Gasteiger partial charge in [0, 0.05) is 34.8 Å². The molecule has 0 saturated carbocycles. The van der Waals surface area contributed by atoms with Gasteiger partial charge in [-0.25, -0.2) is 4.90 Å². The molecular weight excluding hydrogens is 568 g/mol. The number of fused-ring (bicyclic) bond motifs is 3. The number of Topliss-reactive ketones (excluding diaryl/α,β-unsaturated/α-hetero) is 1. The minimum Gasteiger partial charge on any atom is -0.502 e. The molecular formula is C33H28N2O9. The van der Waals surface area contributed by atoms with Gasteiger partial charge in [0.05, 0.1) is 36.7 Å². The minimum atomic E-state index is -0.810. The van der Waals surface area contributed by atoms with E-state index in [1.807, 2.05) is 6.08 Å². The molecule has 0 spiro atoms. The Morgan fingerprint density at radius 1 is 1.02 bits per heavy atom. The van der Waals surface area contributed by atoms with Gasteiger partial charge in [0.2, 0.25) is 17.6 Å². The summed E-state index contributed by atoms with van der Waals surface area (Å²) in [5.41, 5.74) is 2.19. The maximum Gasteiger partial charge on any atom is 0.271 e. The highest BCUT2D eigenvalue weighted by Gasteiger charge is 2.56. The number of nitro benzene ring substituents is 1. The van der Waals surface area contributed by atoms with Gasteiger partial charge in [-0.2, -0.15) is 0 Å². The molecule has 4 aliphatic rings. The molecule has 1 N–H and O–H groups in total. The lowest BCUT2D eigenvalue weighted by atomic mass is 9.60. The Morgan fingerprint density at radius 2 is 1.73 bits per heavy atom. The van der Waals surface area contributed by atoms with E-state index in [-0.39, 0.29) is 53.0 Å². The number of non-ortho nitro benzene ring substituents is 1. The number of benzene rings is 2. The molecule has 224 valence electrons. The van der Waals surface area contributed by atoms with Gasteiger partial charge in [0.25, 0.3) is 5.69 Å². The lowest BCUT2D eigenvalue weighted by Crippen LogP contribution is -2.40. The molecule has 1 fully saturated rings. The van der Waals surface area contributed by atoms with Gasteiger partial charge in [-0.3, -0.25) is 29.3 Å². The van der Waals surface area contributed by atoms with Crippen molar-refractivity contribution in [2.75, 3.05) is 19.1 Å². The minimum absolute atomic E-state index is 0.116. The van der Waals surface area contributed by atoms with E-state index in [1.54, 1.807) is 31.2 Å². The lowest BCUT2D eigenvalue weighted by Gasteiger charge is -2.41. The zero-order valence-electron chi connectivity index (χ0n) is 24.1. The molecule has 2 amide bonds. The number of nitrogens with zero attached hydrogens (tertiary/aromatic N) is 2. The summed E-state index contributed by atoms with van der Waals surface area (Å²) in [6.45, 7) is 1.58. The molecule has 44 heavy (non-hydrogen) atoms. The van der Waals surface area contributed by atoms with Crippen LogP contribution in [0.5, 0.6) is 17.2 Å². The van der Waals surface area contributed by atoms with Crippen molar-refractivity contribution >= 4 is 40.8 Å². The van der Waals surface area contributed by atoms with Crippen LogP contribution < -0.4 is 14.4 Å². The van der Waals surface area contributed by atoms with Gasteiger partial charge in [-0.05, 0) is 55.5 Å². The number of ether oxygens (including phenoxy) is 2. The van der Waals surface area contributed by atoms with Crippen LogP contribution in [0.4, 0.5) is 11.4 Å². The molecule has 4 unspecified atom stereocenters. The molecule has 1 saturated heterocycles. The largest absolute Gasteiger partial charge is 0.502 e. The summed E-state index contributed by atoms with van der Waals surface area (Å²) in [7, 11) is 2.82. The predicted molar refractivity (Wildman–Crippen MR) is 158 cm³/mol. The quantitative estimate of drug-likeness (QED) is 0.167. The van der Waals surface area contributed by atoms with Crippen molar-refractivity contribution < 1.29 is 38.7 Å². The van der Waals surface area contributed by atoms with Crippen molar-refractivity contribution in [2.45, 2.75) is 19.8 Å². The molecule has 0 aromatic heterocycles. The number of rotatable bonds is 6. The van der Waals surface area contributed by atoms with E-state index in [0.29, 0.717) is 22.3 Å². The maximum atomic E-state index is 14.0. The monoisotopic (exact) mass is 596 g/mol. The van der Waals surface area contributed by atoms with E-state index in [2.05, 4.69) is 0 Å². The second-order valence-corrected chi connectivity index (χ2v) is 11.2. The van der Waals surface area contributed by atoms with Crippen LogP contribution in [0.25, 0.3) is 6.08 Å². The van der Waals surface area contributed by atoms with Gasteiger partial charge in [0.15, 0.2) is 23.1 Å². The predicted octanol–water partition coefficient (Wildman–Crippen LogP) is 4.50. The molecule has 11 nitrogen and oxygen atoms in total. The molecule has 4 atom stereocenters. The first-order chi connectivity index (χ1) is 21.0. The molecule has 6 rings (SSSR count). The van der Waals surface area contributed by atoms with Gasteiger partial charge >= 0.3 is 0 Å². The normalized spacial score (nSPS) is 24.6. The first kappa shape index (κ1) is 28.8. The summed E-state index contributed by atoms with van der Waals surface area (Å²) in [6.07, 6.45) is 7.07. The average Bonchev–Trinajstić information content (AvgIpc) is 3.27. The van der Waals surface area contributed by atoms with Crippen molar-refractivity contribution in [1.82, 2.24) is 0 Å². The zero-order valence-corrected chi connectivity index (χ0v) is 24.1. The number of carbonyl (C=O) groups is 4. The van der Waals surface area contributed by atoms with Crippen molar-refractivity contribution in [3.63, 3.8) is 0 Å². The second-order valence-electron chi connectivity index (χ2n) is 11.2. The third-order valence-electron chi connectivity index (χ3n) is 8.89. The molecule has 2 aromatic rings. The fourth-order valence-electron chi connectivity index (χ4n) is 6.88. The summed E-state index contributed by atoms with van der Waals surface area (Å²) >= 11 is 0. The number of anilines is 1. The smallest absolute Gasteiger partial charge is 0.271 e. The van der Waals surface area contributed by atoms with E-state index in [9.17, 15) is 34.4 Å². The number of hydrogen-bond acceptors (Lipinski definition) is 9. The highest BCUT2D eigenvalue weighted by Crippen LogP contribution is 2.53. The van der Waals surface area contributed by atoms with Crippen LogP contribution >= 0.6 is 0 Å². The van der Waals surface area contributed by atoms with Crippen LogP contribution in [0, 0.1) is 33.8 Å². The van der Waals surface area contributed by atoms with Crippen LogP contribution in [-0.2, 0) is 19.2 Å². The summed E-state index contributed by atoms with van der Waals surface area (Å²) in [6, 6.07) is 8.60. The third-order valence-corrected chi connectivity index (χ3v) is 8.89. The fourth-order valence-corrected chi connectivity index (χ4v) is 6.88. The maximum absolute atomic E-state index is 14.0. The first-order valence-electron chi connectivity index (χ1n) is 14.0. The molecule has 1 heterocycles. The van der Waals surface area contributed by atoms with Crippen LogP contribution in [0.1, 0.15) is 25.3 Å². The van der Waals surface area contributed by atoms with E-state index in [1.165, 1.54) is 44.6 Å². The third kappa shape index (κ3) is 4.43. The number of nitro groups is 1. The SMILES string of the molecule is COc1cc(C=CC2C3=CCC4C(=O)N(c5cccc([N+](=O)[O-])c5)C(=O)C4C3CC3=C2C(=O)C=C(C)C3=O)cc(OC)c1O. The number of phenols is 1. The first-order valence-corrected chi connectivity index (χ1v) is 14.0. The van der Waals surface area contributed by atoms with E-state index >= 15 is 0 Å². The van der Waals surface area contributed by atoms with E-state index < -0.39 is 40.4 Å². The lowest BCUT2D eigenvalue weighted by molar-refractivity contribution is -0.384. The number of carbonyl (C=O) groups excluding carboxylic acids is 4. The van der Waals surface area contributed by atoms with Gasteiger partial charge in [-0.1, -0.05) is 29.9 Å². The fraction of sp³-hybridized carbons (Fsp3) is 0.273. The molecule has 0 radical (unpaired) electrons. The van der Waals surface area contributed by atoms with E-state index in [0.717, 1.165) is 10.5 Å². The second kappa shape index (κ2) is 10.7. The molecule has 1 aliphatic heterocycles. The highest BCUT2D eigenvalue weighted by atomic mass is 16.6. The van der Waals surface area contributed by atoms with Crippen LogP contribution in [0.2, 0.25) is 0 Å². The summed E-state index contributed by atoms with van der Waals surface area (Å²) < 4.78 is 10.5. The number of phenolic OH excluding ortho intramolecular Hbond substituents is 1. The summed E-state index contributed by atoms with van der Waals surface area (Å²) in [5, 5.41) is 21.7. The summed E-state index contributed by atoms with van der Waals surface area (Å²) in [5.74, 6) is -4.03. The van der Waals surface area contributed by atoms with E-state index in [4.69, 9.17) is 9.47 Å². The van der Waals surface area contributed by atoms with Crippen LogP contribution in [-0.4, -0.2) is 47.6 Å². The van der Waals surface area contributed by atoms with Crippen molar-refractivity contribution in [1.29, 1.82) is 0 Å². The Balaban J connectivity index is 1.43. The molecule has 3 aliphatic carbocycles. The Morgan fingerprint density at radius 3 is 2.39 bits per heavy atom. The zero-order chi connectivity index (χ0) is 31.4.